The van der Waals surface area contributed by atoms with Gasteiger partial charge in [0.15, 0.2) is 0 Å². The fourth-order valence-corrected chi connectivity index (χ4v) is 1.95. The number of aromatic amines is 1. The number of benzene rings is 1. The largest absolute Gasteiger partial charge is 0.390 e. The maximum absolute atomic E-state index is 9.17. The minimum Gasteiger partial charge on any atom is -0.390 e. The Morgan fingerprint density at radius 2 is 1.74 bits per heavy atom. The van der Waals surface area contributed by atoms with Gasteiger partial charge in [-0.05, 0) is 17.2 Å². The van der Waals surface area contributed by atoms with Crippen LogP contribution in [0.15, 0.2) is 48.8 Å². The smallest absolute Gasteiger partial charge is 0.118 e. The summed E-state index contributed by atoms with van der Waals surface area (Å²) < 4.78 is 0. The Balaban J connectivity index is 1.96. The molecule has 0 bridgehead atoms. The van der Waals surface area contributed by atoms with E-state index in [4.69, 9.17) is 0 Å². The molecule has 0 radical (unpaired) electrons. The van der Waals surface area contributed by atoms with Gasteiger partial charge in [0.25, 0.3) is 0 Å². The molecule has 2 N–H and O–H groups in total. The van der Waals surface area contributed by atoms with Gasteiger partial charge in [-0.3, -0.25) is 4.98 Å². The number of hydrogen-bond donors (Lipinski definition) is 2. The van der Waals surface area contributed by atoms with Gasteiger partial charge in [0, 0.05) is 18.0 Å². The summed E-state index contributed by atoms with van der Waals surface area (Å²) in [5, 5.41) is 19.6. The summed E-state index contributed by atoms with van der Waals surface area (Å²) in [6.45, 7) is -0.129. The fourth-order valence-electron chi connectivity index (χ4n) is 1.95. The zero-order chi connectivity index (χ0) is 13.1. The van der Waals surface area contributed by atoms with Crippen LogP contribution in [0.25, 0.3) is 22.4 Å². The zero-order valence-electron chi connectivity index (χ0n) is 10.1. The number of aliphatic hydroxyl groups excluding tert-OH is 1. The highest BCUT2D eigenvalue weighted by Crippen LogP contribution is 2.24. The average Bonchev–Trinajstić information content (AvgIpc) is 2.97. The quantitative estimate of drug-likeness (QED) is 0.748. The summed E-state index contributed by atoms with van der Waals surface area (Å²) in [5.41, 5.74) is 4.31. The highest BCUT2D eigenvalue weighted by molar-refractivity contribution is 5.68. The van der Waals surface area contributed by atoms with E-state index in [1.165, 1.54) is 0 Å². The first kappa shape index (κ1) is 11.6. The lowest BCUT2D eigenvalue weighted by Gasteiger charge is -2.03. The zero-order valence-corrected chi connectivity index (χ0v) is 10.1. The Hall–Kier alpha value is -2.53. The van der Waals surface area contributed by atoms with Gasteiger partial charge < -0.3 is 5.11 Å². The minimum absolute atomic E-state index is 0.129. The topological polar surface area (TPSA) is 74.7 Å². The number of aliphatic hydroxyl groups is 1. The number of hydrogen-bond acceptors (Lipinski definition) is 4. The molecule has 0 aliphatic heterocycles. The van der Waals surface area contributed by atoms with Crippen molar-refractivity contribution in [3.8, 4) is 22.4 Å². The van der Waals surface area contributed by atoms with Crippen LogP contribution in [-0.2, 0) is 6.61 Å². The molecule has 3 rings (SSSR count). The first-order valence-electron chi connectivity index (χ1n) is 5.90. The van der Waals surface area contributed by atoms with Crippen molar-refractivity contribution in [1.82, 2.24) is 20.4 Å². The van der Waals surface area contributed by atoms with E-state index < -0.39 is 0 Å². The Labute approximate surface area is 110 Å². The molecule has 2 aromatic heterocycles. The molecule has 0 spiro atoms. The molecule has 0 aliphatic rings. The van der Waals surface area contributed by atoms with Gasteiger partial charge in [0.1, 0.15) is 11.4 Å². The third-order valence-corrected chi connectivity index (χ3v) is 2.92. The van der Waals surface area contributed by atoms with Crippen LogP contribution < -0.4 is 0 Å². The van der Waals surface area contributed by atoms with E-state index in [0.717, 1.165) is 16.7 Å². The van der Waals surface area contributed by atoms with Crippen LogP contribution in [0.1, 0.15) is 5.69 Å². The summed E-state index contributed by atoms with van der Waals surface area (Å²) in [5.74, 6) is 0. The summed E-state index contributed by atoms with van der Waals surface area (Å²) in [4.78, 5) is 4.10. The second-order valence-corrected chi connectivity index (χ2v) is 4.10. The van der Waals surface area contributed by atoms with E-state index in [1.807, 2.05) is 42.6 Å². The van der Waals surface area contributed by atoms with Crippen LogP contribution in [0.2, 0.25) is 0 Å². The Morgan fingerprint density at radius 3 is 2.42 bits per heavy atom. The van der Waals surface area contributed by atoms with Gasteiger partial charge in [-0.25, -0.2) is 0 Å². The Bertz CT molecular complexity index is 661. The molecule has 1 aromatic carbocycles. The molecule has 5 heteroatoms. The second kappa shape index (κ2) is 4.99. The van der Waals surface area contributed by atoms with Crippen LogP contribution in [0.3, 0.4) is 0 Å². The first-order chi connectivity index (χ1) is 9.38. The van der Waals surface area contributed by atoms with Gasteiger partial charge in [0.05, 0.1) is 6.61 Å². The normalized spacial score (nSPS) is 10.6. The number of aromatic nitrogens is 4. The number of H-pyrrole nitrogens is 1. The van der Waals surface area contributed by atoms with E-state index in [2.05, 4.69) is 20.4 Å². The van der Waals surface area contributed by atoms with Gasteiger partial charge in [-0.2, -0.15) is 15.4 Å². The van der Waals surface area contributed by atoms with Crippen molar-refractivity contribution in [2.24, 2.45) is 0 Å². The molecule has 3 aromatic rings. The summed E-state index contributed by atoms with van der Waals surface area (Å²) in [7, 11) is 0. The Kier molecular flexibility index (Phi) is 3.04. The lowest BCUT2D eigenvalue weighted by molar-refractivity contribution is 0.277. The standard InChI is InChI=1S/C14H12N4O/c19-9-13-14(17-18-16-13)11-5-3-10(4-6-11)12-2-1-7-15-8-12/h1-8,19H,9H2,(H,16,17,18). The minimum atomic E-state index is -0.129. The monoisotopic (exact) mass is 252 g/mol. The Morgan fingerprint density at radius 1 is 0.947 bits per heavy atom. The fraction of sp³-hybridized carbons (Fsp3) is 0.0714. The van der Waals surface area contributed by atoms with Gasteiger partial charge in [0.2, 0.25) is 0 Å². The van der Waals surface area contributed by atoms with Crippen molar-refractivity contribution in [3.63, 3.8) is 0 Å². The summed E-state index contributed by atoms with van der Waals surface area (Å²) in [6, 6.07) is 11.8. The third-order valence-electron chi connectivity index (χ3n) is 2.92. The lowest BCUT2D eigenvalue weighted by Crippen LogP contribution is -1.88. The third kappa shape index (κ3) is 2.23. The van der Waals surface area contributed by atoms with E-state index in [0.29, 0.717) is 11.4 Å². The molecule has 94 valence electrons. The predicted octanol–water partition coefficient (Wildman–Crippen LogP) is 2.03. The molecular weight excluding hydrogens is 240 g/mol. The summed E-state index contributed by atoms with van der Waals surface area (Å²) >= 11 is 0. The van der Waals surface area contributed by atoms with Crippen LogP contribution in [0.4, 0.5) is 0 Å². The highest BCUT2D eigenvalue weighted by Gasteiger charge is 2.09. The van der Waals surface area contributed by atoms with Crippen LogP contribution in [-0.4, -0.2) is 25.5 Å². The van der Waals surface area contributed by atoms with Crippen molar-refractivity contribution in [2.45, 2.75) is 6.61 Å². The second-order valence-electron chi connectivity index (χ2n) is 4.10. The van der Waals surface area contributed by atoms with Crippen molar-refractivity contribution in [1.29, 1.82) is 0 Å². The maximum Gasteiger partial charge on any atom is 0.118 e. The number of nitrogens with zero attached hydrogens (tertiary/aromatic N) is 3. The molecule has 19 heavy (non-hydrogen) atoms. The lowest BCUT2D eigenvalue weighted by atomic mass is 10.0. The molecule has 0 fully saturated rings. The molecule has 2 heterocycles. The molecule has 0 saturated heterocycles. The SMILES string of the molecule is OCc1n[nH]nc1-c1ccc(-c2cccnc2)cc1. The first-order valence-corrected chi connectivity index (χ1v) is 5.90. The van der Waals surface area contributed by atoms with E-state index >= 15 is 0 Å². The average molecular weight is 252 g/mol. The van der Waals surface area contributed by atoms with Crippen molar-refractivity contribution in [3.05, 3.63) is 54.5 Å². The van der Waals surface area contributed by atoms with Crippen LogP contribution in [0, 0.1) is 0 Å². The van der Waals surface area contributed by atoms with Gasteiger partial charge in [-0.1, -0.05) is 30.3 Å². The van der Waals surface area contributed by atoms with E-state index in [1.54, 1.807) is 6.20 Å². The number of pyridine rings is 1. The molecule has 0 unspecified atom stereocenters. The molecule has 0 aliphatic carbocycles. The maximum atomic E-state index is 9.17. The summed E-state index contributed by atoms with van der Waals surface area (Å²) in [6.07, 6.45) is 3.57. The highest BCUT2D eigenvalue weighted by atomic mass is 16.3. The predicted molar refractivity (Wildman–Crippen MR) is 71.0 cm³/mol. The van der Waals surface area contributed by atoms with Crippen LogP contribution >= 0.6 is 0 Å². The van der Waals surface area contributed by atoms with Crippen molar-refractivity contribution < 1.29 is 5.11 Å². The molecule has 0 saturated carbocycles. The van der Waals surface area contributed by atoms with E-state index in [9.17, 15) is 5.11 Å². The van der Waals surface area contributed by atoms with Crippen LogP contribution in [0.5, 0.6) is 0 Å². The molecule has 5 nitrogen and oxygen atoms in total. The number of nitrogens with one attached hydrogen (secondary N) is 1. The van der Waals surface area contributed by atoms with E-state index in [-0.39, 0.29) is 6.61 Å². The number of rotatable bonds is 3. The molecule has 0 amide bonds. The van der Waals surface area contributed by atoms with Crippen molar-refractivity contribution in [2.75, 3.05) is 0 Å². The molecular formula is C14H12N4O. The molecule has 0 atom stereocenters. The van der Waals surface area contributed by atoms with Gasteiger partial charge in [-0.15, -0.1) is 0 Å². The van der Waals surface area contributed by atoms with Crippen molar-refractivity contribution >= 4 is 0 Å². The van der Waals surface area contributed by atoms with Gasteiger partial charge >= 0.3 is 0 Å².